The summed E-state index contributed by atoms with van der Waals surface area (Å²) in [7, 11) is 0. The van der Waals surface area contributed by atoms with Gasteiger partial charge in [-0.1, -0.05) is 23.3 Å². The maximum Gasteiger partial charge on any atom is 0.307 e. The number of rotatable bonds is 5. The van der Waals surface area contributed by atoms with E-state index in [0.717, 1.165) is 25.1 Å². The minimum Gasteiger partial charge on any atom is -0.481 e. The van der Waals surface area contributed by atoms with Crippen LogP contribution in [0.25, 0.3) is 10.4 Å². The summed E-state index contributed by atoms with van der Waals surface area (Å²) in [5, 5.41) is 16.1. The Morgan fingerprint density at radius 1 is 1.63 bits per heavy atom. The molecule has 1 aromatic carbocycles. The second-order valence-corrected chi connectivity index (χ2v) is 4.76. The van der Waals surface area contributed by atoms with Crippen molar-refractivity contribution in [1.29, 1.82) is 0 Å². The summed E-state index contributed by atoms with van der Waals surface area (Å²) in [4.78, 5) is 14.1. The number of carbonyl (C=O) groups is 1. The number of azide groups is 1. The lowest BCUT2D eigenvalue weighted by atomic mass is 9.86. The lowest BCUT2D eigenvalue weighted by Gasteiger charge is -2.18. The Balaban J connectivity index is 2.14. The van der Waals surface area contributed by atoms with E-state index in [2.05, 4.69) is 15.3 Å². The summed E-state index contributed by atoms with van der Waals surface area (Å²) in [6.45, 7) is 1.64. The fraction of sp³-hybridized carbons (Fsp3) is 0.462. The van der Waals surface area contributed by atoms with Gasteiger partial charge in [-0.2, -0.15) is 0 Å². The SMILES string of the molecule is [N-]=[N+]=Nc1cccc(C[C@H](C(=O)O)[C@H]2CCNC2)c1. The molecule has 2 rings (SSSR count). The van der Waals surface area contributed by atoms with Crippen molar-refractivity contribution in [1.82, 2.24) is 5.32 Å². The van der Waals surface area contributed by atoms with Gasteiger partial charge in [0.1, 0.15) is 0 Å². The minimum atomic E-state index is -0.761. The fourth-order valence-corrected chi connectivity index (χ4v) is 2.53. The van der Waals surface area contributed by atoms with E-state index in [-0.39, 0.29) is 5.92 Å². The van der Waals surface area contributed by atoms with Crippen LogP contribution in [-0.4, -0.2) is 24.2 Å². The monoisotopic (exact) mass is 260 g/mol. The molecular formula is C13H16N4O2. The summed E-state index contributed by atoms with van der Waals surface area (Å²) in [6.07, 6.45) is 1.36. The number of aliphatic carboxylic acids is 1. The van der Waals surface area contributed by atoms with Crippen molar-refractivity contribution in [2.24, 2.45) is 17.0 Å². The van der Waals surface area contributed by atoms with Gasteiger partial charge >= 0.3 is 5.97 Å². The van der Waals surface area contributed by atoms with Crippen molar-refractivity contribution >= 4 is 11.7 Å². The summed E-state index contributed by atoms with van der Waals surface area (Å²) in [5.41, 5.74) is 9.82. The molecular weight excluding hydrogens is 244 g/mol. The first-order valence-electron chi connectivity index (χ1n) is 6.28. The average molecular weight is 260 g/mol. The third kappa shape index (κ3) is 3.47. The summed E-state index contributed by atoms with van der Waals surface area (Å²) < 4.78 is 0. The van der Waals surface area contributed by atoms with E-state index in [4.69, 9.17) is 5.53 Å². The molecule has 6 heteroatoms. The van der Waals surface area contributed by atoms with Crippen LogP contribution in [0, 0.1) is 11.8 Å². The number of carboxylic acid groups (broad SMARTS) is 1. The Morgan fingerprint density at radius 3 is 3.11 bits per heavy atom. The van der Waals surface area contributed by atoms with Gasteiger partial charge in [-0.05, 0) is 49.0 Å². The second-order valence-electron chi connectivity index (χ2n) is 4.76. The molecule has 0 radical (unpaired) electrons. The molecule has 2 N–H and O–H groups in total. The largest absolute Gasteiger partial charge is 0.481 e. The van der Waals surface area contributed by atoms with Crippen molar-refractivity contribution < 1.29 is 9.90 Å². The van der Waals surface area contributed by atoms with Crippen molar-refractivity contribution in [3.05, 3.63) is 40.3 Å². The van der Waals surface area contributed by atoms with E-state index in [1.165, 1.54) is 0 Å². The molecule has 0 unspecified atom stereocenters. The first-order chi connectivity index (χ1) is 9.20. The summed E-state index contributed by atoms with van der Waals surface area (Å²) >= 11 is 0. The topological polar surface area (TPSA) is 98.1 Å². The predicted octanol–water partition coefficient (Wildman–Crippen LogP) is 2.48. The minimum absolute atomic E-state index is 0.167. The van der Waals surface area contributed by atoms with Crippen LogP contribution < -0.4 is 5.32 Å². The Bertz CT molecular complexity index is 505. The number of nitrogens with one attached hydrogen (secondary N) is 1. The van der Waals surface area contributed by atoms with Gasteiger partial charge in [-0.25, -0.2) is 0 Å². The van der Waals surface area contributed by atoms with Crippen LogP contribution in [0.5, 0.6) is 0 Å². The molecule has 100 valence electrons. The highest BCUT2D eigenvalue weighted by Crippen LogP contribution is 2.25. The number of carboxylic acids is 1. The van der Waals surface area contributed by atoms with Crippen LogP contribution in [0.4, 0.5) is 5.69 Å². The van der Waals surface area contributed by atoms with Crippen molar-refractivity contribution in [2.75, 3.05) is 13.1 Å². The van der Waals surface area contributed by atoms with E-state index in [1.807, 2.05) is 6.07 Å². The van der Waals surface area contributed by atoms with Gasteiger partial charge in [0.15, 0.2) is 0 Å². The van der Waals surface area contributed by atoms with Crippen LogP contribution >= 0.6 is 0 Å². The van der Waals surface area contributed by atoms with Crippen LogP contribution in [0.1, 0.15) is 12.0 Å². The molecule has 1 saturated heterocycles. The van der Waals surface area contributed by atoms with Gasteiger partial charge in [0, 0.05) is 10.6 Å². The maximum absolute atomic E-state index is 11.4. The zero-order valence-electron chi connectivity index (χ0n) is 10.5. The van der Waals surface area contributed by atoms with Crippen molar-refractivity contribution in [3.8, 4) is 0 Å². The lowest BCUT2D eigenvalue weighted by Crippen LogP contribution is -2.27. The zero-order chi connectivity index (χ0) is 13.7. The fourth-order valence-electron chi connectivity index (χ4n) is 2.53. The van der Waals surface area contributed by atoms with Crippen LogP contribution in [0.2, 0.25) is 0 Å². The third-order valence-corrected chi connectivity index (χ3v) is 3.51. The first kappa shape index (κ1) is 13.4. The van der Waals surface area contributed by atoms with E-state index >= 15 is 0 Å². The Hall–Kier alpha value is -2.04. The first-order valence-corrected chi connectivity index (χ1v) is 6.28. The molecule has 0 aromatic heterocycles. The average Bonchev–Trinajstić information content (AvgIpc) is 2.90. The highest BCUT2D eigenvalue weighted by molar-refractivity contribution is 5.71. The Labute approximate surface area is 111 Å². The summed E-state index contributed by atoms with van der Waals surface area (Å²) in [6, 6.07) is 7.11. The van der Waals surface area contributed by atoms with Gasteiger partial charge < -0.3 is 10.4 Å². The zero-order valence-corrected chi connectivity index (χ0v) is 10.5. The smallest absolute Gasteiger partial charge is 0.307 e. The summed E-state index contributed by atoms with van der Waals surface area (Å²) in [5.74, 6) is -0.986. The molecule has 0 aliphatic carbocycles. The van der Waals surface area contributed by atoms with E-state index in [1.54, 1.807) is 18.2 Å². The van der Waals surface area contributed by atoms with Crippen LogP contribution in [-0.2, 0) is 11.2 Å². The van der Waals surface area contributed by atoms with Gasteiger partial charge in [-0.15, -0.1) is 0 Å². The predicted molar refractivity (Wildman–Crippen MR) is 71.1 cm³/mol. The standard InChI is InChI=1S/C13H16N4O2/c14-17-16-11-3-1-2-9(6-11)7-12(13(18)19)10-4-5-15-8-10/h1-3,6,10,12,15H,4-5,7-8H2,(H,18,19)/t10-,12-/m0/s1. The number of hydrogen-bond acceptors (Lipinski definition) is 3. The maximum atomic E-state index is 11.4. The quantitative estimate of drug-likeness (QED) is 0.483. The van der Waals surface area contributed by atoms with Gasteiger partial charge in [0.25, 0.3) is 0 Å². The molecule has 1 aliphatic rings. The molecule has 0 bridgehead atoms. The van der Waals surface area contributed by atoms with Crippen molar-refractivity contribution in [3.63, 3.8) is 0 Å². The number of hydrogen-bond donors (Lipinski definition) is 2. The van der Waals surface area contributed by atoms with Crippen molar-refractivity contribution in [2.45, 2.75) is 12.8 Å². The van der Waals surface area contributed by atoms with E-state index in [0.29, 0.717) is 12.1 Å². The molecule has 0 amide bonds. The number of benzene rings is 1. The van der Waals surface area contributed by atoms with Gasteiger partial charge in [0.05, 0.1) is 5.92 Å². The molecule has 1 heterocycles. The van der Waals surface area contributed by atoms with Crippen LogP contribution in [0.3, 0.4) is 0 Å². The second kappa shape index (κ2) is 6.22. The third-order valence-electron chi connectivity index (χ3n) is 3.51. The molecule has 1 aromatic rings. The normalized spacial score (nSPS) is 19.7. The van der Waals surface area contributed by atoms with E-state index in [9.17, 15) is 9.90 Å². The molecule has 1 aliphatic heterocycles. The Kier molecular flexibility index (Phi) is 4.39. The molecule has 19 heavy (non-hydrogen) atoms. The molecule has 0 spiro atoms. The van der Waals surface area contributed by atoms with E-state index < -0.39 is 11.9 Å². The molecule has 1 fully saturated rings. The van der Waals surface area contributed by atoms with Gasteiger partial charge in [0.2, 0.25) is 0 Å². The highest BCUT2D eigenvalue weighted by Gasteiger charge is 2.30. The lowest BCUT2D eigenvalue weighted by molar-refractivity contribution is -0.143. The molecule has 0 saturated carbocycles. The Morgan fingerprint density at radius 2 is 2.47 bits per heavy atom. The molecule has 2 atom stereocenters. The van der Waals surface area contributed by atoms with Gasteiger partial charge in [-0.3, -0.25) is 4.79 Å². The van der Waals surface area contributed by atoms with Crippen LogP contribution in [0.15, 0.2) is 29.4 Å². The number of nitrogens with zero attached hydrogens (tertiary/aromatic N) is 3. The molecule has 6 nitrogen and oxygen atoms in total. The highest BCUT2D eigenvalue weighted by atomic mass is 16.4.